The third-order valence-corrected chi connectivity index (χ3v) is 16.3. The highest BCUT2D eigenvalue weighted by Gasteiger charge is 2.47. The Morgan fingerprint density at radius 1 is 0.237 bits per heavy atom. The molecule has 7 heteroatoms. The van der Waals surface area contributed by atoms with Gasteiger partial charge in [-0.05, 0) is 121 Å². The first-order chi connectivity index (χ1) is 39.6. The molecule has 0 saturated heterocycles. The minimum Gasteiger partial charge on any atom is -0.436 e. The van der Waals surface area contributed by atoms with E-state index in [1.54, 1.807) is 0 Å². The van der Waals surface area contributed by atoms with Crippen molar-refractivity contribution < 1.29 is 8.83 Å². The molecule has 0 atom stereocenters. The molecule has 0 aliphatic heterocycles. The van der Waals surface area contributed by atoms with Crippen molar-refractivity contribution in [2.75, 3.05) is 0 Å². The molecule has 0 fully saturated rings. The topological polar surface area (TPSA) is 90.7 Å². The van der Waals surface area contributed by atoms with Gasteiger partial charge >= 0.3 is 0 Å². The molecule has 2 aliphatic rings. The van der Waals surface area contributed by atoms with Crippen molar-refractivity contribution in [2.24, 2.45) is 0 Å². The summed E-state index contributed by atoms with van der Waals surface area (Å²) in [5.41, 5.74) is 19.7. The van der Waals surface area contributed by atoms with E-state index in [4.69, 9.17) is 33.8 Å². The van der Waals surface area contributed by atoms with Crippen LogP contribution in [0.5, 0.6) is 0 Å². The quantitative estimate of drug-likeness (QED) is 0.142. The van der Waals surface area contributed by atoms with Crippen LogP contribution in [-0.4, -0.2) is 24.9 Å². The van der Waals surface area contributed by atoms with Crippen LogP contribution in [0.2, 0.25) is 0 Å². The molecule has 2 aliphatic carbocycles. The van der Waals surface area contributed by atoms with Gasteiger partial charge in [0, 0.05) is 27.8 Å². The predicted molar refractivity (Wildman–Crippen MR) is 317 cm³/mol. The van der Waals surface area contributed by atoms with Gasteiger partial charge in [-0.2, -0.15) is 0 Å². The minimum atomic E-state index is -0.636. The van der Waals surface area contributed by atoms with Crippen LogP contribution in [0.15, 0.2) is 282 Å². The van der Waals surface area contributed by atoms with E-state index >= 15 is 0 Å². The van der Waals surface area contributed by atoms with Gasteiger partial charge in [-0.15, -0.1) is 0 Å². The number of para-hydroxylation sites is 4. The van der Waals surface area contributed by atoms with E-state index in [1.165, 1.54) is 44.5 Å². The lowest BCUT2D eigenvalue weighted by atomic mass is 9.67. The molecule has 16 rings (SSSR count). The molecule has 0 N–H and O–H groups in total. The van der Waals surface area contributed by atoms with Crippen molar-refractivity contribution >= 4 is 22.2 Å². The summed E-state index contributed by atoms with van der Waals surface area (Å²) in [5.74, 6) is 2.42. The Kier molecular flexibility index (Phi) is 10.2. The van der Waals surface area contributed by atoms with Gasteiger partial charge in [0.15, 0.2) is 28.6 Å². The Morgan fingerprint density at radius 3 is 1.10 bits per heavy atom. The van der Waals surface area contributed by atoms with Gasteiger partial charge in [-0.1, -0.05) is 218 Å². The number of nitrogens with zero attached hydrogens (tertiary/aromatic N) is 5. The van der Waals surface area contributed by atoms with Gasteiger partial charge in [0.05, 0.1) is 10.8 Å². The molecule has 0 spiro atoms. The number of benzene rings is 11. The molecule has 0 bridgehead atoms. The predicted octanol–water partition coefficient (Wildman–Crippen LogP) is 17.2. The Bertz CT molecular complexity index is 4490. The van der Waals surface area contributed by atoms with E-state index in [1.807, 2.05) is 66.7 Å². The van der Waals surface area contributed by atoms with Crippen LogP contribution in [-0.2, 0) is 10.8 Å². The Hall–Kier alpha value is -10.6. The van der Waals surface area contributed by atoms with Crippen LogP contribution < -0.4 is 0 Å². The van der Waals surface area contributed by atoms with Gasteiger partial charge in [0.25, 0.3) is 0 Å². The lowest BCUT2D eigenvalue weighted by molar-refractivity contribution is 0.617. The van der Waals surface area contributed by atoms with E-state index in [0.29, 0.717) is 46.0 Å². The zero-order valence-electron chi connectivity index (χ0n) is 43.0. The Morgan fingerprint density at radius 2 is 0.600 bits per heavy atom. The maximum Gasteiger partial charge on any atom is 0.227 e. The van der Waals surface area contributed by atoms with Crippen LogP contribution >= 0.6 is 0 Å². The van der Waals surface area contributed by atoms with E-state index in [9.17, 15) is 0 Å². The average molecular weight is 1020 g/mol. The van der Waals surface area contributed by atoms with E-state index < -0.39 is 10.8 Å². The van der Waals surface area contributed by atoms with Crippen LogP contribution in [0.3, 0.4) is 0 Å². The van der Waals surface area contributed by atoms with Crippen LogP contribution in [0, 0.1) is 0 Å². The molecular weight excluding hydrogens is 979 g/mol. The number of fused-ring (bicyclic) bond motifs is 8. The Balaban J connectivity index is 0.949. The fraction of sp³-hybridized carbons (Fsp3) is 0.0274. The van der Waals surface area contributed by atoms with Gasteiger partial charge < -0.3 is 8.83 Å². The van der Waals surface area contributed by atoms with Crippen LogP contribution in [0.1, 0.15) is 44.5 Å². The first kappa shape index (κ1) is 45.6. The monoisotopic (exact) mass is 1020 g/mol. The second-order valence-corrected chi connectivity index (χ2v) is 20.7. The molecule has 80 heavy (non-hydrogen) atoms. The van der Waals surface area contributed by atoms with Crippen LogP contribution in [0.25, 0.3) is 102 Å². The fourth-order valence-electron chi connectivity index (χ4n) is 12.9. The first-order valence-corrected chi connectivity index (χ1v) is 27.0. The molecule has 374 valence electrons. The molecule has 0 unspecified atom stereocenters. The second-order valence-electron chi connectivity index (χ2n) is 20.7. The number of hydrogen-bond donors (Lipinski definition) is 0. The van der Waals surface area contributed by atoms with E-state index in [-0.39, 0.29) is 0 Å². The van der Waals surface area contributed by atoms with Crippen molar-refractivity contribution in [2.45, 2.75) is 10.8 Å². The van der Waals surface area contributed by atoms with E-state index in [2.05, 4.69) is 206 Å². The number of rotatable bonds is 9. The summed E-state index contributed by atoms with van der Waals surface area (Å²) in [6.45, 7) is 0. The van der Waals surface area contributed by atoms with Crippen molar-refractivity contribution in [1.82, 2.24) is 24.9 Å². The first-order valence-electron chi connectivity index (χ1n) is 27.0. The number of hydrogen-bond acceptors (Lipinski definition) is 7. The van der Waals surface area contributed by atoms with Gasteiger partial charge in [-0.3, -0.25) is 0 Å². The number of oxazole rings is 2. The summed E-state index contributed by atoms with van der Waals surface area (Å²) in [5, 5.41) is 0. The van der Waals surface area contributed by atoms with Crippen molar-refractivity contribution in [3.8, 4) is 79.3 Å². The molecular formula is C73H45N5O2. The summed E-state index contributed by atoms with van der Waals surface area (Å²) >= 11 is 0. The second kappa shape index (κ2) is 18.0. The molecule has 0 radical (unpaired) electrons. The van der Waals surface area contributed by atoms with Crippen LogP contribution in [0.4, 0.5) is 0 Å². The van der Waals surface area contributed by atoms with Crippen molar-refractivity contribution in [1.29, 1.82) is 0 Å². The highest BCUT2D eigenvalue weighted by molar-refractivity contribution is 5.91. The highest BCUT2D eigenvalue weighted by atomic mass is 16.4. The molecule has 3 aromatic heterocycles. The fourth-order valence-corrected chi connectivity index (χ4v) is 12.9. The number of aromatic nitrogens is 5. The molecule has 11 aromatic carbocycles. The maximum atomic E-state index is 6.48. The van der Waals surface area contributed by atoms with Gasteiger partial charge in [0.2, 0.25) is 11.8 Å². The minimum absolute atomic E-state index is 0.453. The summed E-state index contributed by atoms with van der Waals surface area (Å²) in [7, 11) is 0. The van der Waals surface area contributed by atoms with Crippen molar-refractivity contribution in [3.05, 3.63) is 317 Å². The third kappa shape index (κ3) is 6.90. The highest BCUT2D eigenvalue weighted by Crippen LogP contribution is 2.58. The zero-order valence-corrected chi connectivity index (χ0v) is 43.0. The molecule has 14 aromatic rings. The summed E-state index contributed by atoms with van der Waals surface area (Å²) in [6, 6.07) is 96.2. The SMILES string of the molecule is c1ccc(C2(c3ccccc3)c3ccccc3-c3cc(-c4nc(-c5cc(-c6nc7ccccc7o6)cc(-c6nc7ccccc7o6)c5)nc(-c5ccc6c(c5)C(c5ccccc5)(c5ccccc5)c5ccccc5-6)n4)ccc32)cc1. The third-order valence-electron chi connectivity index (χ3n) is 16.3. The molecule has 3 heterocycles. The largest absolute Gasteiger partial charge is 0.436 e. The summed E-state index contributed by atoms with van der Waals surface area (Å²) < 4.78 is 13.0. The summed E-state index contributed by atoms with van der Waals surface area (Å²) in [4.78, 5) is 26.5. The normalized spacial score (nSPS) is 13.4. The summed E-state index contributed by atoms with van der Waals surface area (Å²) in [6.07, 6.45) is 0. The molecule has 0 amide bonds. The average Bonchev–Trinajstić information content (AvgIpc) is 4.35. The molecule has 0 saturated carbocycles. The zero-order chi connectivity index (χ0) is 52.8. The molecule has 7 nitrogen and oxygen atoms in total. The van der Waals surface area contributed by atoms with E-state index in [0.717, 1.165) is 55.5 Å². The smallest absolute Gasteiger partial charge is 0.227 e. The maximum absolute atomic E-state index is 6.48. The van der Waals surface area contributed by atoms with Gasteiger partial charge in [0.1, 0.15) is 11.0 Å². The van der Waals surface area contributed by atoms with Gasteiger partial charge in [-0.25, -0.2) is 24.9 Å². The lowest BCUT2D eigenvalue weighted by Crippen LogP contribution is -2.28. The van der Waals surface area contributed by atoms with Crippen molar-refractivity contribution in [3.63, 3.8) is 0 Å². The standard InChI is InChI=1S/C73H45N5O2/c1-5-21-51(22-6-1)72(52-23-7-2-8-24-52)60-32-16-14-30-56(60)58-44-46(38-40-61(58)72)67-76-68(47-37-39-57-55-29-13-15-31-59(55)73(62(57)45-47,53-25-9-3-10-26-53)54-27-11-4-12-28-54)78-69(77-67)48-41-49(70-74-63-33-17-19-35-65(63)79-70)43-50(42-48)71-75-64-34-18-20-36-66(64)80-71/h1-45H. The lowest BCUT2D eigenvalue weighted by Gasteiger charge is -2.34. The Labute approximate surface area is 461 Å².